The van der Waals surface area contributed by atoms with Crippen molar-refractivity contribution in [2.75, 3.05) is 0 Å². The summed E-state index contributed by atoms with van der Waals surface area (Å²) < 4.78 is 6.61. The lowest BCUT2D eigenvalue weighted by molar-refractivity contribution is -0.0399. The standard InChI is InChI=1S/C50H38N2OS/c1-3-10-32(11-4-1)34-14-9-15-35(27-34)43-29-42(33-12-5-2-6-13-33)51-49(52-43)36-18-19-39-41(28-36)50(37-23-30-22-31(25-37)26-38(50)24-30)40-20-21-45-48(47(39)40)54-46-17-8-7-16-44(46)53-45/h1-21,27-31,37-38H,22-26H2. The maximum atomic E-state index is 6.61. The van der Waals surface area contributed by atoms with Crippen LogP contribution in [0.4, 0.5) is 0 Å². The molecule has 0 saturated heterocycles. The van der Waals surface area contributed by atoms with Crippen LogP contribution in [0.1, 0.15) is 43.2 Å². The molecule has 1 aromatic heterocycles. The predicted molar refractivity (Wildman–Crippen MR) is 218 cm³/mol. The molecule has 0 unspecified atom stereocenters. The molecule has 6 aliphatic rings. The van der Waals surface area contributed by atoms with E-state index in [1.165, 1.54) is 75.3 Å². The Hall–Kier alpha value is -5.45. The molecule has 13 rings (SSSR count). The Morgan fingerprint density at radius 1 is 0.500 bits per heavy atom. The average Bonchev–Trinajstić information content (AvgIpc) is 3.53. The summed E-state index contributed by atoms with van der Waals surface area (Å²) in [6.07, 6.45) is 6.77. The largest absolute Gasteiger partial charge is 0.455 e. The van der Waals surface area contributed by atoms with Gasteiger partial charge in [0, 0.05) is 27.7 Å². The fourth-order valence-electron chi connectivity index (χ4n) is 11.4. The van der Waals surface area contributed by atoms with Crippen LogP contribution in [0.25, 0.3) is 56.2 Å². The molecule has 3 nitrogen and oxygen atoms in total. The summed E-state index contributed by atoms with van der Waals surface area (Å²) in [6, 6.07) is 52.5. The highest BCUT2D eigenvalue weighted by Crippen LogP contribution is 2.71. The number of hydrogen-bond acceptors (Lipinski definition) is 4. The summed E-state index contributed by atoms with van der Waals surface area (Å²) in [5.41, 5.74) is 13.4. The van der Waals surface area contributed by atoms with Crippen molar-refractivity contribution in [1.29, 1.82) is 0 Å². The van der Waals surface area contributed by atoms with Crippen LogP contribution < -0.4 is 4.74 Å². The van der Waals surface area contributed by atoms with Crippen LogP contribution in [0.15, 0.2) is 155 Å². The van der Waals surface area contributed by atoms with E-state index >= 15 is 0 Å². The minimum atomic E-state index is 0.00450. The number of hydrogen-bond donors (Lipinski definition) is 0. The molecule has 4 heteroatoms. The third-order valence-electron chi connectivity index (χ3n) is 13.3. The second-order valence-corrected chi connectivity index (χ2v) is 17.2. The number of rotatable bonds is 4. The highest BCUT2D eigenvalue weighted by Gasteiger charge is 2.62. The quantitative estimate of drug-likeness (QED) is 0.182. The molecule has 4 fully saturated rings. The van der Waals surface area contributed by atoms with Gasteiger partial charge in [0.15, 0.2) is 5.82 Å². The first-order valence-electron chi connectivity index (χ1n) is 19.6. The fourth-order valence-corrected chi connectivity index (χ4v) is 12.5. The molecule has 2 heterocycles. The van der Waals surface area contributed by atoms with Gasteiger partial charge in [0.1, 0.15) is 11.5 Å². The van der Waals surface area contributed by atoms with E-state index in [4.69, 9.17) is 14.7 Å². The van der Waals surface area contributed by atoms with Gasteiger partial charge in [-0.05, 0) is 120 Å². The molecule has 4 saturated carbocycles. The number of nitrogens with zero attached hydrogens (tertiary/aromatic N) is 2. The molecular weight excluding hydrogens is 677 g/mol. The average molecular weight is 715 g/mol. The molecule has 1 aliphatic heterocycles. The van der Waals surface area contributed by atoms with Crippen molar-refractivity contribution in [3.8, 4) is 67.7 Å². The summed E-state index contributed by atoms with van der Waals surface area (Å²) in [5, 5.41) is 0. The van der Waals surface area contributed by atoms with Gasteiger partial charge in [-0.2, -0.15) is 0 Å². The van der Waals surface area contributed by atoms with E-state index in [2.05, 4.69) is 146 Å². The van der Waals surface area contributed by atoms with Crippen LogP contribution in [0, 0.1) is 23.7 Å². The summed E-state index contributed by atoms with van der Waals surface area (Å²) in [7, 11) is 0. The molecule has 0 radical (unpaired) electrons. The Morgan fingerprint density at radius 2 is 1.17 bits per heavy atom. The third kappa shape index (κ3) is 4.56. The Kier molecular flexibility index (Phi) is 6.75. The van der Waals surface area contributed by atoms with Crippen LogP contribution in [0.5, 0.6) is 11.5 Å². The molecule has 260 valence electrons. The van der Waals surface area contributed by atoms with Crippen LogP contribution in [0.3, 0.4) is 0 Å². The smallest absolute Gasteiger partial charge is 0.160 e. The lowest BCUT2D eigenvalue weighted by atomic mass is 9.43. The Balaban J connectivity index is 1.05. The van der Waals surface area contributed by atoms with Gasteiger partial charge < -0.3 is 4.74 Å². The van der Waals surface area contributed by atoms with E-state index in [0.29, 0.717) is 11.8 Å². The lowest BCUT2D eigenvalue weighted by Crippen LogP contribution is -2.55. The van der Waals surface area contributed by atoms with Crippen LogP contribution in [-0.4, -0.2) is 9.97 Å². The van der Waals surface area contributed by atoms with E-state index in [1.54, 1.807) is 0 Å². The van der Waals surface area contributed by atoms with E-state index in [-0.39, 0.29) is 5.41 Å². The van der Waals surface area contributed by atoms with Crippen molar-refractivity contribution >= 4 is 11.8 Å². The molecule has 0 amide bonds. The summed E-state index contributed by atoms with van der Waals surface area (Å²) >= 11 is 1.89. The zero-order valence-corrected chi connectivity index (χ0v) is 30.7. The maximum Gasteiger partial charge on any atom is 0.160 e. The normalized spacial score (nSPS) is 23.7. The zero-order chi connectivity index (χ0) is 35.4. The second kappa shape index (κ2) is 11.8. The van der Waals surface area contributed by atoms with Gasteiger partial charge in [-0.15, -0.1) is 0 Å². The highest BCUT2D eigenvalue weighted by molar-refractivity contribution is 7.99. The molecule has 4 bridgehead atoms. The lowest BCUT2D eigenvalue weighted by Gasteiger charge is -2.61. The van der Waals surface area contributed by atoms with Crippen LogP contribution >= 0.6 is 11.8 Å². The highest BCUT2D eigenvalue weighted by atomic mass is 32.2. The van der Waals surface area contributed by atoms with Crippen molar-refractivity contribution in [2.24, 2.45) is 23.7 Å². The van der Waals surface area contributed by atoms with Crippen molar-refractivity contribution in [1.82, 2.24) is 9.97 Å². The Morgan fingerprint density at radius 3 is 1.94 bits per heavy atom. The maximum absolute atomic E-state index is 6.61. The van der Waals surface area contributed by atoms with Crippen LogP contribution in [-0.2, 0) is 5.41 Å². The molecule has 6 aromatic carbocycles. The van der Waals surface area contributed by atoms with Gasteiger partial charge >= 0.3 is 0 Å². The second-order valence-electron chi connectivity index (χ2n) is 16.2. The van der Waals surface area contributed by atoms with E-state index in [0.717, 1.165) is 57.2 Å². The summed E-state index contributed by atoms with van der Waals surface area (Å²) in [6.45, 7) is 0. The number of fused-ring (bicyclic) bond motifs is 6. The number of aromatic nitrogens is 2. The summed E-state index contributed by atoms with van der Waals surface area (Å²) in [4.78, 5) is 13.2. The van der Waals surface area contributed by atoms with Gasteiger partial charge in [-0.25, -0.2) is 9.97 Å². The van der Waals surface area contributed by atoms with E-state index in [9.17, 15) is 0 Å². The minimum absolute atomic E-state index is 0.00450. The van der Waals surface area contributed by atoms with Gasteiger partial charge in [-0.1, -0.05) is 121 Å². The van der Waals surface area contributed by atoms with Crippen LogP contribution in [0.2, 0.25) is 0 Å². The van der Waals surface area contributed by atoms with Gasteiger partial charge in [-0.3, -0.25) is 0 Å². The van der Waals surface area contributed by atoms with Crippen molar-refractivity contribution in [3.05, 3.63) is 157 Å². The SMILES string of the molecule is c1ccc(-c2cccc(-c3cc(-c4ccccc4)nc(-c4ccc5c(c4)C4(c6ccc7c(c6-5)Sc5ccccc5O7)C5CC6CC(C5)CC4C6)n3)c2)cc1. The number of para-hydroxylation sites is 1. The Labute approximate surface area is 320 Å². The van der Waals surface area contributed by atoms with Gasteiger partial charge in [0.2, 0.25) is 0 Å². The molecule has 1 spiro atoms. The Bertz CT molecular complexity index is 2600. The first kappa shape index (κ1) is 31.0. The third-order valence-corrected chi connectivity index (χ3v) is 14.5. The number of ether oxygens (including phenoxy) is 1. The number of benzene rings is 6. The van der Waals surface area contributed by atoms with Gasteiger partial charge in [0.05, 0.1) is 21.2 Å². The molecule has 0 N–H and O–H groups in total. The first-order chi connectivity index (χ1) is 26.7. The van der Waals surface area contributed by atoms with Gasteiger partial charge in [0.25, 0.3) is 0 Å². The fraction of sp³-hybridized carbons (Fsp3) is 0.200. The van der Waals surface area contributed by atoms with E-state index in [1.807, 2.05) is 11.8 Å². The zero-order valence-electron chi connectivity index (χ0n) is 29.9. The molecule has 0 atom stereocenters. The molecular formula is C50H38N2OS. The van der Waals surface area contributed by atoms with Crippen molar-refractivity contribution in [2.45, 2.75) is 47.3 Å². The first-order valence-corrected chi connectivity index (χ1v) is 20.4. The monoisotopic (exact) mass is 714 g/mol. The van der Waals surface area contributed by atoms with E-state index < -0.39 is 0 Å². The van der Waals surface area contributed by atoms with Crippen molar-refractivity contribution in [3.63, 3.8) is 0 Å². The van der Waals surface area contributed by atoms with Crippen molar-refractivity contribution < 1.29 is 4.74 Å². The predicted octanol–water partition coefficient (Wildman–Crippen LogP) is 13.1. The topological polar surface area (TPSA) is 35.0 Å². The molecule has 5 aliphatic carbocycles. The summed E-state index contributed by atoms with van der Waals surface area (Å²) in [5.74, 6) is 5.76. The molecule has 7 aromatic rings. The minimum Gasteiger partial charge on any atom is -0.455 e. The molecule has 54 heavy (non-hydrogen) atoms.